The molecule has 1 aromatic carbocycles. The summed E-state index contributed by atoms with van der Waals surface area (Å²) < 4.78 is 7.80. The van der Waals surface area contributed by atoms with Crippen molar-refractivity contribution in [2.24, 2.45) is 7.05 Å². The van der Waals surface area contributed by atoms with E-state index in [1.807, 2.05) is 12.1 Å². The van der Waals surface area contributed by atoms with E-state index in [9.17, 15) is 4.79 Å². The van der Waals surface area contributed by atoms with E-state index in [4.69, 9.17) is 9.84 Å². The van der Waals surface area contributed by atoms with Gasteiger partial charge in [-0.15, -0.1) is 0 Å². The van der Waals surface area contributed by atoms with Gasteiger partial charge in [0.1, 0.15) is 12.4 Å². The molecule has 94 valence electrons. The lowest BCUT2D eigenvalue weighted by molar-refractivity contribution is 0.0682. The predicted octanol–water partition coefficient (Wildman–Crippen LogP) is 2.46. The fourth-order valence-electron chi connectivity index (χ4n) is 1.56. The van der Waals surface area contributed by atoms with Crippen molar-refractivity contribution >= 4 is 21.9 Å². The predicted molar refractivity (Wildman–Crippen MR) is 68.6 cm³/mol. The average Bonchev–Trinajstić information content (AvgIpc) is 2.70. The Morgan fingerprint density at radius 1 is 1.44 bits per heavy atom. The summed E-state index contributed by atoms with van der Waals surface area (Å²) in [7, 11) is 1.59. The van der Waals surface area contributed by atoms with Crippen molar-refractivity contribution in [3.63, 3.8) is 0 Å². The largest absolute Gasteiger partial charge is 0.489 e. The van der Waals surface area contributed by atoms with Crippen LogP contribution in [0, 0.1) is 0 Å². The van der Waals surface area contributed by atoms with Crippen LogP contribution in [-0.4, -0.2) is 20.9 Å². The van der Waals surface area contributed by atoms with Crippen LogP contribution in [0.1, 0.15) is 16.1 Å². The molecule has 0 amide bonds. The number of aromatic carboxylic acids is 1. The summed E-state index contributed by atoms with van der Waals surface area (Å²) in [5, 5.41) is 13.0. The topological polar surface area (TPSA) is 64.4 Å². The Morgan fingerprint density at radius 2 is 2.11 bits per heavy atom. The normalized spacial score (nSPS) is 10.3. The number of carbonyl (C=O) groups is 1. The van der Waals surface area contributed by atoms with Crippen LogP contribution in [0.15, 0.2) is 34.9 Å². The molecule has 0 aliphatic heterocycles. The number of rotatable bonds is 4. The van der Waals surface area contributed by atoms with E-state index in [-0.39, 0.29) is 12.3 Å². The highest BCUT2D eigenvalue weighted by Gasteiger charge is 2.15. The molecule has 0 unspecified atom stereocenters. The minimum Gasteiger partial charge on any atom is -0.489 e. The zero-order chi connectivity index (χ0) is 13.1. The molecule has 0 fully saturated rings. The number of aryl methyl sites for hydroxylation is 1. The second kappa shape index (κ2) is 5.22. The minimum absolute atomic E-state index is 0.145. The van der Waals surface area contributed by atoms with Crippen LogP contribution < -0.4 is 4.74 Å². The maximum Gasteiger partial charge on any atom is 0.354 e. The molecule has 18 heavy (non-hydrogen) atoms. The number of benzene rings is 1. The van der Waals surface area contributed by atoms with E-state index in [1.54, 1.807) is 19.2 Å². The lowest BCUT2D eigenvalue weighted by Crippen LogP contribution is -2.09. The molecular formula is C12H11BrN2O3. The molecular weight excluding hydrogens is 300 g/mol. The number of ether oxygens (including phenoxy) is 1. The van der Waals surface area contributed by atoms with Gasteiger partial charge in [0.25, 0.3) is 0 Å². The van der Waals surface area contributed by atoms with Crippen LogP contribution in [0.5, 0.6) is 5.75 Å². The highest BCUT2D eigenvalue weighted by atomic mass is 79.9. The Bertz CT molecular complexity index is 563. The smallest absolute Gasteiger partial charge is 0.354 e. The third-order valence-corrected chi connectivity index (χ3v) is 2.95. The zero-order valence-corrected chi connectivity index (χ0v) is 11.2. The van der Waals surface area contributed by atoms with Crippen molar-refractivity contribution in [1.82, 2.24) is 9.78 Å². The Morgan fingerprint density at radius 3 is 2.72 bits per heavy atom. The summed E-state index contributed by atoms with van der Waals surface area (Å²) in [5.74, 6) is -0.331. The van der Waals surface area contributed by atoms with Gasteiger partial charge in [-0.1, -0.05) is 15.9 Å². The molecule has 0 atom stereocenters. The first kappa shape index (κ1) is 12.6. The molecule has 1 heterocycles. The van der Waals surface area contributed by atoms with Crippen molar-refractivity contribution in [1.29, 1.82) is 0 Å². The first-order chi connectivity index (χ1) is 8.58. The van der Waals surface area contributed by atoms with Crippen molar-refractivity contribution in [2.75, 3.05) is 0 Å². The second-order valence-corrected chi connectivity index (χ2v) is 4.61. The molecule has 0 saturated carbocycles. The zero-order valence-electron chi connectivity index (χ0n) is 9.63. The summed E-state index contributed by atoms with van der Waals surface area (Å²) in [6, 6.07) is 7.33. The number of aromatic nitrogens is 2. The van der Waals surface area contributed by atoms with E-state index in [0.717, 1.165) is 4.47 Å². The first-order valence-electron chi connectivity index (χ1n) is 5.20. The van der Waals surface area contributed by atoms with Gasteiger partial charge >= 0.3 is 5.97 Å². The fraction of sp³-hybridized carbons (Fsp3) is 0.167. The Hall–Kier alpha value is -1.82. The van der Waals surface area contributed by atoms with Gasteiger partial charge in [0, 0.05) is 17.1 Å². The average molecular weight is 311 g/mol. The summed E-state index contributed by atoms with van der Waals surface area (Å²) in [5.41, 5.74) is 0.694. The van der Waals surface area contributed by atoms with E-state index in [2.05, 4.69) is 21.0 Å². The molecule has 5 nitrogen and oxygen atoms in total. The van der Waals surface area contributed by atoms with E-state index < -0.39 is 5.97 Å². The van der Waals surface area contributed by atoms with Crippen LogP contribution in [0.2, 0.25) is 0 Å². The molecule has 2 rings (SSSR count). The molecule has 1 N–H and O–H groups in total. The van der Waals surface area contributed by atoms with Crippen LogP contribution in [0.4, 0.5) is 0 Å². The Balaban J connectivity index is 2.11. The van der Waals surface area contributed by atoms with Crippen LogP contribution >= 0.6 is 15.9 Å². The number of halogens is 1. The quantitative estimate of drug-likeness (QED) is 0.942. The molecule has 0 spiro atoms. The SMILES string of the molecule is Cn1ncc(COc2ccc(Br)cc2)c1C(=O)O. The van der Waals surface area contributed by atoms with Crippen molar-refractivity contribution < 1.29 is 14.6 Å². The summed E-state index contributed by atoms with van der Waals surface area (Å²) in [6.07, 6.45) is 1.50. The number of nitrogens with zero attached hydrogens (tertiary/aromatic N) is 2. The molecule has 0 aliphatic rings. The summed E-state index contributed by atoms with van der Waals surface area (Å²) in [4.78, 5) is 11.0. The highest BCUT2D eigenvalue weighted by molar-refractivity contribution is 9.10. The number of carboxylic acid groups (broad SMARTS) is 1. The number of hydrogen-bond donors (Lipinski definition) is 1. The van der Waals surface area contributed by atoms with Gasteiger partial charge in [-0.05, 0) is 24.3 Å². The first-order valence-corrected chi connectivity index (χ1v) is 6.00. The lowest BCUT2D eigenvalue weighted by atomic mass is 10.2. The lowest BCUT2D eigenvalue weighted by Gasteiger charge is -2.05. The standard InChI is InChI=1S/C12H11BrN2O3/c1-15-11(12(16)17)8(6-14-15)7-18-10-4-2-9(13)3-5-10/h2-6H,7H2,1H3,(H,16,17). The summed E-state index contributed by atoms with van der Waals surface area (Å²) in [6.45, 7) is 0.178. The highest BCUT2D eigenvalue weighted by Crippen LogP contribution is 2.18. The molecule has 0 saturated heterocycles. The summed E-state index contributed by atoms with van der Waals surface area (Å²) >= 11 is 3.33. The minimum atomic E-state index is -1.01. The van der Waals surface area contributed by atoms with Gasteiger partial charge in [0.2, 0.25) is 0 Å². The molecule has 0 aliphatic carbocycles. The molecule has 6 heteroatoms. The van der Waals surface area contributed by atoms with E-state index >= 15 is 0 Å². The maximum absolute atomic E-state index is 11.0. The van der Waals surface area contributed by atoms with Gasteiger partial charge in [-0.25, -0.2) is 4.79 Å². The van der Waals surface area contributed by atoms with Gasteiger partial charge < -0.3 is 9.84 Å². The Kier molecular flexibility index (Phi) is 3.66. The third kappa shape index (κ3) is 2.70. The Labute approximate surface area is 112 Å². The monoisotopic (exact) mass is 310 g/mol. The third-order valence-electron chi connectivity index (χ3n) is 2.43. The van der Waals surface area contributed by atoms with Crippen LogP contribution in [-0.2, 0) is 13.7 Å². The van der Waals surface area contributed by atoms with Crippen LogP contribution in [0.25, 0.3) is 0 Å². The van der Waals surface area contributed by atoms with Gasteiger partial charge in [0.15, 0.2) is 5.69 Å². The van der Waals surface area contributed by atoms with Crippen molar-refractivity contribution in [3.8, 4) is 5.75 Å². The fourth-order valence-corrected chi connectivity index (χ4v) is 1.82. The van der Waals surface area contributed by atoms with Crippen molar-refractivity contribution in [2.45, 2.75) is 6.61 Å². The van der Waals surface area contributed by atoms with E-state index in [0.29, 0.717) is 11.3 Å². The van der Waals surface area contributed by atoms with E-state index in [1.165, 1.54) is 10.9 Å². The molecule has 1 aromatic heterocycles. The van der Waals surface area contributed by atoms with Gasteiger partial charge in [-0.3, -0.25) is 4.68 Å². The van der Waals surface area contributed by atoms with Crippen LogP contribution in [0.3, 0.4) is 0 Å². The molecule has 2 aromatic rings. The second-order valence-electron chi connectivity index (χ2n) is 3.69. The van der Waals surface area contributed by atoms with Gasteiger partial charge in [0.05, 0.1) is 6.20 Å². The molecule has 0 radical (unpaired) electrons. The number of hydrogen-bond acceptors (Lipinski definition) is 3. The molecule has 0 bridgehead atoms. The van der Waals surface area contributed by atoms with Crippen molar-refractivity contribution in [3.05, 3.63) is 46.2 Å². The van der Waals surface area contributed by atoms with Gasteiger partial charge in [-0.2, -0.15) is 5.10 Å². The maximum atomic E-state index is 11.0. The number of carboxylic acids is 1.